The Balaban J connectivity index is 3.00. The second kappa shape index (κ2) is 8.09. The van der Waals surface area contributed by atoms with Crippen LogP contribution in [0.4, 0.5) is 0 Å². The summed E-state index contributed by atoms with van der Waals surface area (Å²) in [5, 5.41) is 0.370. The molecule has 0 aromatic rings. The molecule has 0 aromatic heterocycles. The highest BCUT2D eigenvalue weighted by Gasteiger charge is 2.02. The van der Waals surface area contributed by atoms with Gasteiger partial charge in [0.05, 0.1) is 5.38 Å². The van der Waals surface area contributed by atoms with Gasteiger partial charge in [0.25, 0.3) is 0 Å². The van der Waals surface area contributed by atoms with Crippen LogP contribution in [-0.4, -0.2) is 28.4 Å². The summed E-state index contributed by atoms with van der Waals surface area (Å²) in [6, 6.07) is 0. The van der Waals surface area contributed by atoms with Crippen molar-refractivity contribution in [1.82, 2.24) is 0 Å². The second-order valence-corrected chi connectivity index (χ2v) is 5.17. The van der Waals surface area contributed by atoms with Crippen molar-refractivity contribution in [2.75, 3.05) is 23.0 Å². The topological polar surface area (TPSA) is 0 Å². The minimum atomic E-state index is 0.370. The van der Waals surface area contributed by atoms with E-state index in [2.05, 4.69) is 13.8 Å². The Morgan fingerprint density at radius 1 is 1.10 bits per heavy atom. The normalized spacial score (nSPS) is 10.8. The zero-order valence-electron chi connectivity index (χ0n) is 6.60. The Morgan fingerprint density at radius 3 is 1.80 bits per heavy atom. The van der Waals surface area contributed by atoms with Gasteiger partial charge in [-0.15, -0.1) is 11.6 Å². The van der Waals surface area contributed by atoms with E-state index in [-0.39, 0.29) is 0 Å². The summed E-state index contributed by atoms with van der Waals surface area (Å²) in [6.45, 7) is 4.34. The fourth-order valence-corrected chi connectivity index (χ4v) is 2.44. The summed E-state index contributed by atoms with van der Waals surface area (Å²) in [6.07, 6.45) is 0. The first kappa shape index (κ1) is 11.0. The van der Waals surface area contributed by atoms with Crippen LogP contribution in [0.15, 0.2) is 0 Å². The van der Waals surface area contributed by atoms with Crippen LogP contribution in [0, 0.1) is 0 Å². The molecule has 0 saturated heterocycles. The maximum atomic E-state index is 6.00. The largest absolute Gasteiger partial charge is 0.161 e. The first-order valence-corrected chi connectivity index (χ1v) is 6.35. The Bertz CT molecular complexity index is 60.6. The van der Waals surface area contributed by atoms with Crippen molar-refractivity contribution >= 4 is 35.1 Å². The summed E-state index contributed by atoms with van der Waals surface area (Å²) in [5.74, 6) is 4.57. The molecule has 0 heterocycles. The Labute approximate surface area is 77.5 Å². The van der Waals surface area contributed by atoms with E-state index in [9.17, 15) is 0 Å². The third-order valence-corrected chi connectivity index (χ3v) is 3.77. The van der Waals surface area contributed by atoms with Gasteiger partial charge in [-0.3, -0.25) is 0 Å². The molecule has 0 aliphatic heterocycles. The fraction of sp³-hybridized carbons (Fsp3) is 1.00. The standard InChI is InChI=1S/C7H15ClS2/c1-3-9-5-7(8)6-10-4-2/h7H,3-6H2,1-2H3. The van der Waals surface area contributed by atoms with E-state index in [1.54, 1.807) is 0 Å². The molecule has 0 rings (SSSR count). The quantitative estimate of drug-likeness (QED) is 0.602. The van der Waals surface area contributed by atoms with E-state index in [1.165, 1.54) is 11.5 Å². The maximum absolute atomic E-state index is 6.00. The lowest BCUT2D eigenvalue weighted by atomic mass is 10.6. The summed E-state index contributed by atoms with van der Waals surface area (Å²) in [7, 11) is 0. The molecule has 0 fully saturated rings. The Morgan fingerprint density at radius 2 is 1.50 bits per heavy atom. The molecule has 0 saturated carbocycles. The van der Waals surface area contributed by atoms with Crippen LogP contribution in [-0.2, 0) is 0 Å². The molecule has 0 spiro atoms. The van der Waals surface area contributed by atoms with E-state index in [0.717, 1.165) is 11.5 Å². The van der Waals surface area contributed by atoms with Crippen LogP contribution in [0.25, 0.3) is 0 Å². The molecule has 0 aliphatic carbocycles. The fourth-order valence-electron chi connectivity index (χ4n) is 0.540. The third kappa shape index (κ3) is 7.10. The lowest BCUT2D eigenvalue weighted by Crippen LogP contribution is -2.05. The highest BCUT2D eigenvalue weighted by Crippen LogP contribution is 2.12. The van der Waals surface area contributed by atoms with Gasteiger partial charge in [-0.05, 0) is 11.5 Å². The smallest absolute Gasteiger partial charge is 0.0516 e. The lowest BCUT2D eigenvalue weighted by Gasteiger charge is -2.05. The number of halogens is 1. The molecular formula is C7H15ClS2. The van der Waals surface area contributed by atoms with Crippen LogP contribution in [0.5, 0.6) is 0 Å². The van der Waals surface area contributed by atoms with E-state index >= 15 is 0 Å². The summed E-state index contributed by atoms with van der Waals surface area (Å²) < 4.78 is 0. The van der Waals surface area contributed by atoms with Crippen molar-refractivity contribution in [3.63, 3.8) is 0 Å². The van der Waals surface area contributed by atoms with Gasteiger partial charge in [0.1, 0.15) is 0 Å². The minimum Gasteiger partial charge on any atom is -0.161 e. The predicted octanol–water partition coefficient (Wildman–Crippen LogP) is 3.10. The number of thioether (sulfide) groups is 2. The SMILES string of the molecule is CCSCC(Cl)CSCC. The highest BCUT2D eigenvalue weighted by atomic mass is 35.5. The lowest BCUT2D eigenvalue weighted by molar-refractivity contribution is 1.13. The van der Waals surface area contributed by atoms with Crippen molar-refractivity contribution < 1.29 is 0 Å². The molecule has 0 bridgehead atoms. The zero-order chi connectivity index (χ0) is 7.82. The number of hydrogen-bond donors (Lipinski definition) is 0. The molecule has 0 N–H and O–H groups in total. The molecule has 0 unspecified atom stereocenters. The molecule has 0 radical (unpaired) electrons. The molecule has 0 aliphatic rings. The molecule has 62 valence electrons. The second-order valence-electron chi connectivity index (χ2n) is 1.92. The first-order chi connectivity index (χ1) is 4.81. The highest BCUT2D eigenvalue weighted by molar-refractivity contribution is 8.00. The first-order valence-electron chi connectivity index (χ1n) is 3.60. The molecule has 0 aromatic carbocycles. The van der Waals surface area contributed by atoms with Crippen molar-refractivity contribution in [2.24, 2.45) is 0 Å². The van der Waals surface area contributed by atoms with E-state index < -0.39 is 0 Å². The van der Waals surface area contributed by atoms with Crippen molar-refractivity contribution in [1.29, 1.82) is 0 Å². The van der Waals surface area contributed by atoms with Gasteiger partial charge in [0, 0.05) is 11.5 Å². The van der Waals surface area contributed by atoms with Crippen LogP contribution >= 0.6 is 35.1 Å². The molecule has 3 heteroatoms. The maximum Gasteiger partial charge on any atom is 0.0516 e. The van der Waals surface area contributed by atoms with E-state index in [0.29, 0.717) is 5.38 Å². The van der Waals surface area contributed by atoms with Gasteiger partial charge in [0.2, 0.25) is 0 Å². The number of hydrogen-bond acceptors (Lipinski definition) is 2. The van der Waals surface area contributed by atoms with Gasteiger partial charge in [-0.1, -0.05) is 13.8 Å². The van der Waals surface area contributed by atoms with E-state index in [1.807, 2.05) is 23.5 Å². The number of alkyl halides is 1. The summed E-state index contributed by atoms with van der Waals surface area (Å²) in [5.41, 5.74) is 0. The third-order valence-electron chi connectivity index (χ3n) is 1.01. The van der Waals surface area contributed by atoms with Crippen molar-refractivity contribution in [2.45, 2.75) is 19.2 Å². The van der Waals surface area contributed by atoms with Crippen LogP contribution in [0.1, 0.15) is 13.8 Å². The molecule has 0 amide bonds. The van der Waals surface area contributed by atoms with Crippen molar-refractivity contribution in [3.05, 3.63) is 0 Å². The van der Waals surface area contributed by atoms with Gasteiger partial charge in [-0.25, -0.2) is 0 Å². The molecule has 10 heavy (non-hydrogen) atoms. The van der Waals surface area contributed by atoms with Gasteiger partial charge < -0.3 is 0 Å². The monoisotopic (exact) mass is 198 g/mol. The van der Waals surface area contributed by atoms with Crippen LogP contribution < -0.4 is 0 Å². The molecular weight excluding hydrogens is 184 g/mol. The van der Waals surface area contributed by atoms with Crippen LogP contribution in [0.2, 0.25) is 0 Å². The van der Waals surface area contributed by atoms with E-state index in [4.69, 9.17) is 11.6 Å². The van der Waals surface area contributed by atoms with Crippen molar-refractivity contribution in [3.8, 4) is 0 Å². The predicted molar refractivity (Wildman–Crippen MR) is 55.6 cm³/mol. The van der Waals surface area contributed by atoms with Gasteiger partial charge >= 0.3 is 0 Å². The number of rotatable bonds is 6. The molecule has 0 nitrogen and oxygen atoms in total. The van der Waals surface area contributed by atoms with Gasteiger partial charge in [0.15, 0.2) is 0 Å². The summed E-state index contributed by atoms with van der Waals surface area (Å²) >= 11 is 9.84. The minimum absolute atomic E-state index is 0.370. The average molecular weight is 199 g/mol. The molecule has 0 atom stereocenters. The van der Waals surface area contributed by atoms with Gasteiger partial charge in [-0.2, -0.15) is 23.5 Å². The Hall–Kier alpha value is 0.990. The average Bonchev–Trinajstić information content (AvgIpc) is 1.97. The summed E-state index contributed by atoms with van der Waals surface area (Å²) in [4.78, 5) is 0. The Kier molecular flexibility index (Phi) is 8.89. The van der Waals surface area contributed by atoms with Crippen LogP contribution in [0.3, 0.4) is 0 Å². The zero-order valence-corrected chi connectivity index (χ0v) is 8.99.